The van der Waals surface area contributed by atoms with Crippen LogP contribution < -0.4 is 5.32 Å². The second kappa shape index (κ2) is 7.77. The molecular formula is C23H16FN3O. The van der Waals surface area contributed by atoms with E-state index in [1.807, 2.05) is 30.3 Å². The first-order chi connectivity index (χ1) is 13.8. The van der Waals surface area contributed by atoms with Gasteiger partial charge in [-0.3, -0.25) is 0 Å². The van der Waals surface area contributed by atoms with E-state index in [0.29, 0.717) is 34.9 Å². The zero-order valence-electron chi connectivity index (χ0n) is 14.9. The number of benzene rings is 2. The molecule has 2 aromatic carbocycles. The van der Waals surface area contributed by atoms with Crippen molar-refractivity contribution in [2.24, 2.45) is 0 Å². The Kier molecular flexibility index (Phi) is 4.85. The maximum atomic E-state index is 14.5. The lowest BCUT2D eigenvalue weighted by atomic mass is 9.99. The van der Waals surface area contributed by atoms with Gasteiger partial charge in [0.2, 0.25) is 0 Å². The Morgan fingerprint density at radius 1 is 0.964 bits per heavy atom. The number of anilines is 1. The largest absolute Gasteiger partial charge is 0.463 e. The predicted octanol–water partition coefficient (Wildman–Crippen LogP) is 5.63. The first kappa shape index (κ1) is 17.5. The quantitative estimate of drug-likeness (QED) is 0.495. The molecule has 5 heteroatoms. The van der Waals surface area contributed by atoms with E-state index in [9.17, 15) is 9.65 Å². The topological polar surface area (TPSA) is 61.9 Å². The minimum absolute atomic E-state index is 0.288. The lowest BCUT2D eigenvalue weighted by Gasteiger charge is -2.14. The fourth-order valence-electron chi connectivity index (χ4n) is 3.01. The van der Waals surface area contributed by atoms with Crippen molar-refractivity contribution in [1.29, 1.82) is 5.26 Å². The fraction of sp³-hybridized carbons (Fsp3) is 0.0435. The molecule has 4 rings (SSSR count). The van der Waals surface area contributed by atoms with Gasteiger partial charge >= 0.3 is 0 Å². The molecule has 2 heterocycles. The maximum Gasteiger partial charge on any atom is 0.152 e. The monoisotopic (exact) mass is 369 g/mol. The van der Waals surface area contributed by atoms with Crippen LogP contribution in [0.1, 0.15) is 11.1 Å². The number of nitrogens with zero attached hydrogens (tertiary/aromatic N) is 2. The van der Waals surface area contributed by atoms with Crippen LogP contribution >= 0.6 is 0 Å². The highest BCUT2D eigenvalue weighted by molar-refractivity contribution is 5.80. The Morgan fingerprint density at radius 2 is 1.75 bits per heavy atom. The second-order valence-corrected chi connectivity index (χ2v) is 6.19. The normalized spacial score (nSPS) is 10.4. The molecule has 2 aromatic heterocycles. The van der Waals surface area contributed by atoms with Crippen LogP contribution in [0.4, 0.5) is 10.2 Å². The molecule has 28 heavy (non-hydrogen) atoms. The summed E-state index contributed by atoms with van der Waals surface area (Å²) >= 11 is 0. The first-order valence-electron chi connectivity index (χ1n) is 8.78. The van der Waals surface area contributed by atoms with E-state index in [-0.39, 0.29) is 5.56 Å². The van der Waals surface area contributed by atoms with E-state index in [2.05, 4.69) is 16.4 Å². The molecule has 1 N–H and O–H groups in total. The van der Waals surface area contributed by atoms with Gasteiger partial charge in [0.05, 0.1) is 6.26 Å². The summed E-state index contributed by atoms with van der Waals surface area (Å²) in [7, 11) is 0. The van der Waals surface area contributed by atoms with Crippen molar-refractivity contribution in [3.05, 3.63) is 96.0 Å². The van der Waals surface area contributed by atoms with Crippen molar-refractivity contribution in [3.63, 3.8) is 0 Å². The summed E-state index contributed by atoms with van der Waals surface area (Å²) in [5.74, 6) is 0.535. The number of hydrogen-bond donors (Lipinski definition) is 1. The summed E-state index contributed by atoms with van der Waals surface area (Å²) in [6, 6.07) is 23.6. The van der Waals surface area contributed by atoms with Crippen molar-refractivity contribution in [1.82, 2.24) is 4.98 Å². The Hall–Kier alpha value is -3.91. The van der Waals surface area contributed by atoms with Gasteiger partial charge in [-0.1, -0.05) is 48.5 Å². The second-order valence-electron chi connectivity index (χ2n) is 6.19. The van der Waals surface area contributed by atoms with Crippen molar-refractivity contribution in [2.75, 3.05) is 5.32 Å². The van der Waals surface area contributed by atoms with Crippen LogP contribution in [0.3, 0.4) is 0 Å². The van der Waals surface area contributed by atoms with Gasteiger partial charge in [0.15, 0.2) is 5.76 Å². The van der Waals surface area contributed by atoms with E-state index in [1.165, 1.54) is 6.07 Å². The summed E-state index contributed by atoms with van der Waals surface area (Å²) in [5.41, 5.74) is 2.67. The summed E-state index contributed by atoms with van der Waals surface area (Å²) in [6.07, 6.45) is 1.55. The van der Waals surface area contributed by atoms with Crippen LogP contribution in [-0.2, 0) is 6.54 Å². The molecule has 0 spiro atoms. The minimum atomic E-state index is -0.399. The summed E-state index contributed by atoms with van der Waals surface area (Å²) in [5, 5.41) is 13.0. The molecule has 136 valence electrons. The van der Waals surface area contributed by atoms with Crippen molar-refractivity contribution >= 4 is 5.82 Å². The number of hydrogen-bond acceptors (Lipinski definition) is 4. The van der Waals surface area contributed by atoms with Gasteiger partial charge in [-0.25, -0.2) is 9.37 Å². The first-order valence-corrected chi connectivity index (χ1v) is 8.78. The van der Waals surface area contributed by atoms with E-state index < -0.39 is 5.82 Å². The number of nitriles is 1. The Bertz CT molecular complexity index is 1130. The van der Waals surface area contributed by atoms with E-state index >= 15 is 0 Å². The maximum absolute atomic E-state index is 14.5. The molecule has 0 aliphatic rings. The van der Waals surface area contributed by atoms with Crippen LogP contribution in [0, 0.1) is 17.1 Å². The lowest BCUT2D eigenvalue weighted by molar-refractivity contribution is 0.580. The molecule has 0 aliphatic heterocycles. The molecule has 0 atom stereocenters. The zero-order chi connectivity index (χ0) is 19.3. The highest BCUT2D eigenvalue weighted by Gasteiger charge is 2.18. The highest BCUT2D eigenvalue weighted by atomic mass is 19.1. The number of pyridine rings is 1. The predicted molar refractivity (Wildman–Crippen MR) is 106 cm³/mol. The third-order valence-electron chi connectivity index (χ3n) is 4.37. The molecule has 0 radical (unpaired) electrons. The van der Waals surface area contributed by atoms with E-state index in [0.717, 1.165) is 5.56 Å². The molecule has 4 nitrogen and oxygen atoms in total. The zero-order valence-corrected chi connectivity index (χ0v) is 14.9. The van der Waals surface area contributed by atoms with Crippen molar-refractivity contribution < 1.29 is 8.81 Å². The number of furan rings is 1. The molecule has 0 amide bonds. The van der Waals surface area contributed by atoms with Crippen LogP contribution in [0.2, 0.25) is 0 Å². The van der Waals surface area contributed by atoms with Crippen LogP contribution in [-0.4, -0.2) is 4.98 Å². The molecule has 0 bridgehead atoms. The standard InChI is InChI=1S/C23H16FN3O/c24-20-10-5-4-9-17(20)18-13-21(22-11-6-12-28-22)27-23(19(18)14-25)26-15-16-7-2-1-3-8-16/h1-13H,15H2,(H,26,27). The fourth-order valence-corrected chi connectivity index (χ4v) is 3.01. The number of halogens is 1. The van der Waals surface area contributed by atoms with Crippen LogP contribution in [0.5, 0.6) is 0 Å². The van der Waals surface area contributed by atoms with Gasteiger partial charge in [0.25, 0.3) is 0 Å². The summed E-state index contributed by atoms with van der Waals surface area (Å²) < 4.78 is 19.9. The number of aromatic nitrogens is 1. The summed E-state index contributed by atoms with van der Waals surface area (Å²) in [6.45, 7) is 0.487. The summed E-state index contributed by atoms with van der Waals surface area (Å²) in [4.78, 5) is 4.57. The lowest BCUT2D eigenvalue weighted by Crippen LogP contribution is -2.06. The third kappa shape index (κ3) is 3.49. The average molecular weight is 369 g/mol. The molecule has 0 saturated heterocycles. The Labute approximate surface area is 161 Å². The van der Waals surface area contributed by atoms with Gasteiger partial charge in [-0.05, 0) is 29.8 Å². The highest BCUT2D eigenvalue weighted by Crippen LogP contribution is 2.33. The molecule has 0 aliphatic carbocycles. The smallest absolute Gasteiger partial charge is 0.152 e. The molecule has 0 fully saturated rings. The molecule has 4 aromatic rings. The molecule has 0 saturated carbocycles. The third-order valence-corrected chi connectivity index (χ3v) is 4.37. The number of rotatable bonds is 5. The Morgan fingerprint density at radius 3 is 2.46 bits per heavy atom. The average Bonchev–Trinajstić information content (AvgIpc) is 3.27. The van der Waals surface area contributed by atoms with Gasteiger partial charge in [-0.15, -0.1) is 0 Å². The molecule has 0 unspecified atom stereocenters. The van der Waals surface area contributed by atoms with Crippen LogP contribution in [0.25, 0.3) is 22.6 Å². The minimum Gasteiger partial charge on any atom is -0.463 e. The van der Waals surface area contributed by atoms with Crippen molar-refractivity contribution in [2.45, 2.75) is 6.54 Å². The number of nitrogens with one attached hydrogen (secondary N) is 1. The van der Waals surface area contributed by atoms with Gasteiger partial charge in [0, 0.05) is 17.7 Å². The van der Waals surface area contributed by atoms with Gasteiger partial charge in [-0.2, -0.15) is 5.26 Å². The van der Waals surface area contributed by atoms with E-state index in [1.54, 1.807) is 42.7 Å². The molecular weight excluding hydrogens is 353 g/mol. The van der Waals surface area contributed by atoms with Gasteiger partial charge in [0.1, 0.15) is 29.0 Å². The van der Waals surface area contributed by atoms with E-state index in [4.69, 9.17) is 4.42 Å². The van der Waals surface area contributed by atoms with Crippen molar-refractivity contribution in [3.8, 4) is 28.7 Å². The van der Waals surface area contributed by atoms with Crippen LogP contribution in [0.15, 0.2) is 83.5 Å². The van der Waals surface area contributed by atoms with Gasteiger partial charge < -0.3 is 9.73 Å². The SMILES string of the molecule is N#Cc1c(-c2ccccc2F)cc(-c2ccco2)nc1NCc1ccccc1. The Balaban J connectivity index is 1.84.